The average molecular weight is 473 g/mol. The Bertz CT molecular complexity index is 1060. The molecule has 2 aromatic carbocycles. The van der Waals surface area contributed by atoms with Crippen molar-refractivity contribution < 1.29 is 35.9 Å². The number of hydrogen-bond donors (Lipinski definition) is 1. The molecule has 3 rings (SSSR count). The van der Waals surface area contributed by atoms with E-state index in [0.29, 0.717) is 5.56 Å². The summed E-state index contributed by atoms with van der Waals surface area (Å²) in [7, 11) is -2.69. The number of carbonyl (C=O) groups is 1. The number of amides is 2. The van der Waals surface area contributed by atoms with Crippen molar-refractivity contribution in [1.82, 2.24) is 14.5 Å². The molecule has 1 saturated heterocycles. The minimum Gasteiger partial charge on any atom is -0.493 e. The summed E-state index contributed by atoms with van der Waals surface area (Å²) in [6, 6.07) is 9.02. The number of nitrogens with one attached hydrogen (secondary N) is 1. The summed E-state index contributed by atoms with van der Waals surface area (Å²) < 4.78 is 74.6. The molecule has 0 unspecified atom stereocenters. The molecule has 12 heteroatoms. The van der Waals surface area contributed by atoms with Crippen molar-refractivity contribution in [2.24, 2.45) is 0 Å². The van der Waals surface area contributed by atoms with Gasteiger partial charge in [0.2, 0.25) is 10.0 Å². The maximum atomic E-state index is 13.9. The number of hydrogen-bond acceptors (Lipinski definition) is 5. The van der Waals surface area contributed by atoms with Crippen molar-refractivity contribution in [3.8, 4) is 11.5 Å². The number of ether oxygens (including phenoxy) is 2. The first-order valence-electron chi connectivity index (χ1n) is 9.61. The zero-order chi connectivity index (χ0) is 23.3. The first-order chi connectivity index (χ1) is 15.2. The highest BCUT2D eigenvalue weighted by Gasteiger charge is 2.31. The van der Waals surface area contributed by atoms with E-state index in [1.807, 2.05) is 0 Å². The normalized spacial score (nSPS) is 15.0. The van der Waals surface area contributed by atoms with E-state index >= 15 is 0 Å². The monoisotopic (exact) mass is 473 g/mol. The molecule has 0 aliphatic carbocycles. The number of sulfonamides is 1. The molecule has 0 atom stereocenters. The third-order valence-electron chi connectivity index (χ3n) is 4.87. The number of halogens is 3. The van der Waals surface area contributed by atoms with Crippen LogP contribution in [0.1, 0.15) is 5.56 Å². The number of alkyl halides is 2. The topological polar surface area (TPSA) is 88.2 Å². The van der Waals surface area contributed by atoms with Gasteiger partial charge < -0.3 is 19.7 Å². The standard InChI is InChI=1S/C20H22F3N3O5S/c1-30-17-12-14(6-7-16(17)31-19(22)23)13-24-20(27)25-8-10-26(11-9-25)32(28,29)18-5-3-2-4-15(18)21/h2-7,12,19H,8-11,13H2,1H3,(H,24,27). The summed E-state index contributed by atoms with van der Waals surface area (Å²) in [6.07, 6.45) is 0. The predicted octanol–water partition coefficient (Wildman–Crippen LogP) is 2.65. The Morgan fingerprint density at radius 3 is 2.41 bits per heavy atom. The van der Waals surface area contributed by atoms with Gasteiger partial charge in [0.1, 0.15) is 10.7 Å². The maximum Gasteiger partial charge on any atom is 0.387 e. The lowest BCUT2D eigenvalue weighted by Crippen LogP contribution is -2.53. The van der Waals surface area contributed by atoms with Crippen LogP contribution in [0.3, 0.4) is 0 Å². The van der Waals surface area contributed by atoms with Crippen molar-refractivity contribution in [2.45, 2.75) is 18.1 Å². The van der Waals surface area contributed by atoms with Gasteiger partial charge in [-0.15, -0.1) is 0 Å². The lowest BCUT2D eigenvalue weighted by atomic mass is 10.2. The summed E-state index contributed by atoms with van der Waals surface area (Å²) >= 11 is 0. The van der Waals surface area contributed by atoms with Gasteiger partial charge in [-0.2, -0.15) is 13.1 Å². The van der Waals surface area contributed by atoms with E-state index in [4.69, 9.17) is 4.74 Å². The quantitative estimate of drug-likeness (QED) is 0.668. The molecule has 1 heterocycles. The molecule has 2 amide bonds. The van der Waals surface area contributed by atoms with Gasteiger partial charge in [-0.1, -0.05) is 18.2 Å². The molecule has 0 spiro atoms. The van der Waals surface area contributed by atoms with E-state index in [2.05, 4.69) is 10.1 Å². The Balaban J connectivity index is 1.55. The molecule has 0 aromatic heterocycles. The third kappa shape index (κ3) is 5.43. The first-order valence-corrected chi connectivity index (χ1v) is 11.1. The first kappa shape index (κ1) is 23.7. The fourth-order valence-corrected chi connectivity index (χ4v) is 4.72. The van der Waals surface area contributed by atoms with Crippen LogP contribution in [0.5, 0.6) is 11.5 Å². The van der Waals surface area contributed by atoms with Crippen molar-refractivity contribution >= 4 is 16.1 Å². The maximum absolute atomic E-state index is 13.9. The lowest BCUT2D eigenvalue weighted by Gasteiger charge is -2.34. The van der Waals surface area contributed by atoms with Crippen molar-refractivity contribution in [3.05, 3.63) is 53.8 Å². The second kappa shape index (κ2) is 10.1. The molecular formula is C20H22F3N3O5S. The number of methoxy groups -OCH3 is 1. The summed E-state index contributed by atoms with van der Waals surface area (Å²) in [5.41, 5.74) is 0.595. The molecule has 8 nitrogen and oxygen atoms in total. The van der Waals surface area contributed by atoms with Gasteiger partial charge >= 0.3 is 12.6 Å². The van der Waals surface area contributed by atoms with E-state index in [1.54, 1.807) is 0 Å². The van der Waals surface area contributed by atoms with Crippen LogP contribution in [-0.4, -0.2) is 63.6 Å². The Labute approximate surface area is 183 Å². The van der Waals surface area contributed by atoms with Gasteiger partial charge in [-0.05, 0) is 29.8 Å². The Morgan fingerprint density at radius 1 is 1.09 bits per heavy atom. The van der Waals surface area contributed by atoms with Gasteiger partial charge in [0.25, 0.3) is 0 Å². The molecule has 1 N–H and O–H groups in total. The second-order valence-corrected chi connectivity index (χ2v) is 8.75. The Hall–Kier alpha value is -2.99. The zero-order valence-corrected chi connectivity index (χ0v) is 17.9. The number of benzene rings is 2. The van der Waals surface area contributed by atoms with Crippen LogP contribution in [-0.2, 0) is 16.6 Å². The van der Waals surface area contributed by atoms with Crippen LogP contribution in [0.2, 0.25) is 0 Å². The third-order valence-corrected chi connectivity index (χ3v) is 6.80. The van der Waals surface area contributed by atoms with Crippen LogP contribution in [0, 0.1) is 5.82 Å². The second-order valence-electron chi connectivity index (χ2n) is 6.84. The fourth-order valence-electron chi connectivity index (χ4n) is 3.23. The molecule has 0 radical (unpaired) electrons. The molecule has 1 aliphatic rings. The van der Waals surface area contributed by atoms with Gasteiger partial charge in [0, 0.05) is 32.7 Å². The van der Waals surface area contributed by atoms with Crippen LogP contribution in [0.15, 0.2) is 47.4 Å². The molecular weight excluding hydrogens is 451 g/mol. The van der Waals surface area contributed by atoms with Crippen molar-refractivity contribution in [2.75, 3.05) is 33.3 Å². The fraction of sp³-hybridized carbons (Fsp3) is 0.350. The van der Waals surface area contributed by atoms with Gasteiger partial charge in [-0.25, -0.2) is 17.6 Å². The van der Waals surface area contributed by atoms with Crippen LogP contribution in [0.4, 0.5) is 18.0 Å². The Kier molecular flexibility index (Phi) is 7.46. The van der Waals surface area contributed by atoms with E-state index in [1.165, 1.54) is 48.4 Å². The predicted molar refractivity (Wildman–Crippen MR) is 109 cm³/mol. The van der Waals surface area contributed by atoms with E-state index in [0.717, 1.165) is 10.4 Å². The molecule has 1 fully saturated rings. The van der Waals surface area contributed by atoms with Crippen LogP contribution < -0.4 is 14.8 Å². The largest absolute Gasteiger partial charge is 0.493 e. The average Bonchev–Trinajstić information content (AvgIpc) is 2.78. The number of piperazine rings is 1. The molecule has 0 bridgehead atoms. The van der Waals surface area contributed by atoms with Crippen LogP contribution >= 0.6 is 0 Å². The minimum absolute atomic E-state index is 0.0254. The molecule has 32 heavy (non-hydrogen) atoms. The molecule has 0 saturated carbocycles. The Morgan fingerprint density at radius 2 is 1.78 bits per heavy atom. The van der Waals surface area contributed by atoms with Crippen LogP contribution in [0.25, 0.3) is 0 Å². The van der Waals surface area contributed by atoms with Gasteiger partial charge in [-0.3, -0.25) is 0 Å². The highest BCUT2D eigenvalue weighted by atomic mass is 32.2. The summed E-state index contributed by atoms with van der Waals surface area (Å²) in [4.78, 5) is 13.5. The zero-order valence-electron chi connectivity index (χ0n) is 17.1. The smallest absolute Gasteiger partial charge is 0.387 e. The SMILES string of the molecule is COc1cc(CNC(=O)N2CCN(S(=O)(=O)c3ccccc3F)CC2)ccc1OC(F)F. The highest BCUT2D eigenvalue weighted by molar-refractivity contribution is 7.89. The van der Waals surface area contributed by atoms with Gasteiger partial charge in [0.05, 0.1) is 7.11 Å². The summed E-state index contributed by atoms with van der Waals surface area (Å²) in [5.74, 6) is -0.846. The number of urea groups is 1. The van der Waals surface area contributed by atoms with Gasteiger partial charge in [0.15, 0.2) is 11.5 Å². The summed E-state index contributed by atoms with van der Waals surface area (Å²) in [6.45, 7) is -2.59. The number of rotatable bonds is 7. The molecule has 2 aromatic rings. The number of nitrogens with zero attached hydrogens (tertiary/aromatic N) is 2. The molecule has 1 aliphatic heterocycles. The van der Waals surface area contributed by atoms with Crippen molar-refractivity contribution in [1.29, 1.82) is 0 Å². The summed E-state index contributed by atoms with van der Waals surface area (Å²) in [5, 5.41) is 2.69. The van der Waals surface area contributed by atoms with E-state index in [-0.39, 0.29) is 44.2 Å². The van der Waals surface area contributed by atoms with Crippen molar-refractivity contribution in [3.63, 3.8) is 0 Å². The molecule has 174 valence electrons. The van der Waals surface area contributed by atoms with E-state index in [9.17, 15) is 26.4 Å². The highest BCUT2D eigenvalue weighted by Crippen LogP contribution is 2.29. The minimum atomic E-state index is -4.00. The van der Waals surface area contributed by atoms with E-state index < -0.39 is 33.4 Å². The lowest BCUT2D eigenvalue weighted by molar-refractivity contribution is -0.0512. The number of carbonyl (C=O) groups excluding carboxylic acids is 1.